The molecule has 2 amide bonds. The number of carbonyl (C=O) groups excluding carboxylic acids is 2. The third-order valence-corrected chi connectivity index (χ3v) is 4.83. The molecular formula is C20H17F2N5O3S. The van der Waals surface area contributed by atoms with Crippen molar-refractivity contribution in [2.75, 3.05) is 16.4 Å². The number of benzene rings is 2. The van der Waals surface area contributed by atoms with Crippen LogP contribution in [-0.2, 0) is 9.59 Å². The molecule has 0 aliphatic rings. The minimum Gasteiger partial charge on any atom is -0.326 e. The molecule has 0 atom stereocenters. The second-order valence-electron chi connectivity index (χ2n) is 6.50. The van der Waals surface area contributed by atoms with Crippen molar-refractivity contribution in [3.63, 3.8) is 0 Å². The van der Waals surface area contributed by atoms with Crippen LogP contribution in [0, 0.1) is 18.6 Å². The molecule has 0 bridgehead atoms. The van der Waals surface area contributed by atoms with Crippen LogP contribution < -0.4 is 16.2 Å². The number of anilines is 2. The Morgan fingerprint density at radius 2 is 1.81 bits per heavy atom. The number of thioether (sulfide) groups is 1. The van der Waals surface area contributed by atoms with Crippen molar-refractivity contribution < 1.29 is 18.4 Å². The van der Waals surface area contributed by atoms with Crippen LogP contribution in [0.1, 0.15) is 12.5 Å². The minimum atomic E-state index is -0.899. The number of nitrogens with zero attached hydrogens (tertiary/aromatic N) is 2. The van der Waals surface area contributed by atoms with E-state index < -0.39 is 23.1 Å². The summed E-state index contributed by atoms with van der Waals surface area (Å²) in [5.74, 6) is -2.72. The van der Waals surface area contributed by atoms with E-state index in [1.807, 2.05) is 6.92 Å². The van der Waals surface area contributed by atoms with Gasteiger partial charge in [0, 0.05) is 18.6 Å². The predicted octanol–water partition coefficient (Wildman–Crippen LogP) is 3.11. The molecule has 0 saturated carbocycles. The van der Waals surface area contributed by atoms with Crippen molar-refractivity contribution in [3.05, 3.63) is 63.9 Å². The summed E-state index contributed by atoms with van der Waals surface area (Å²) in [6.45, 7) is 3.18. The molecule has 11 heteroatoms. The lowest BCUT2D eigenvalue weighted by Gasteiger charge is -2.10. The van der Waals surface area contributed by atoms with Crippen LogP contribution in [-0.4, -0.2) is 32.7 Å². The van der Waals surface area contributed by atoms with E-state index in [4.69, 9.17) is 0 Å². The number of aromatic amines is 1. The van der Waals surface area contributed by atoms with Crippen LogP contribution in [0.25, 0.3) is 11.3 Å². The smallest absolute Gasteiger partial charge is 0.278 e. The van der Waals surface area contributed by atoms with Gasteiger partial charge in [0.1, 0.15) is 11.6 Å². The number of hydrogen-bond acceptors (Lipinski definition) is 6. The zero-order valence-corrected chi connectivity index (χ0v) is 17.3. The van der Waals surface area contributed by atoms with Crippen molar-refractivity contribution in [3.8, 4) is 11.3 Å². The van der Waals surface area contributed by atoms with Gasteiger partial charge in [-0.2, -0.15) is 0 Å². The van der Waals surface area contributed by atoms with Gasteiger partial charge in [0.2, 0.25) is 11.8 Å². The van der Waals surface area contributed by atoms with E-state index in [1.165, 1.54) is 6.92 Å². The minimum absolute atomic E-state index is 0.00892. The molecule has 0 aliphatic heterocycles. The lowest BCUT2D eigenvalue weighted by Crippen LogP contribution is -2.18. The van der Waals surface area contributed by atoms with Gasteiger partial charge >= 0.3 is 0 Å². The molecule has 1 aromatic heterocycles. The first-order valence-corrected chi connectivity index (χ1v) is 9.95. The van der Waals surface area contributed by atoms with Gasteiger partial charge in [0.15, 0.2) is 10.9 Å². The number of amides is 2. The largest absolute Gasteiger partial charge is 0.326 e. The van der Waals surface area contributed by atoms with Gasteiger partial charge in [-0.15, -0.1) is 10.2 Å². The fraction of sp³-hybridized carbons (Fsp3) is 0.150. The number of hydrogen-bond donors (Lipinski definition) is 3. The Morgan fingerprint density at radius 3 is 2.48 bits per heavy atom. The average Bonchev–Trinajstić information content (AvgIpc) is 2.70. The molecule has 0 radical (unpaired) electrons. The Hall–Kier alpha value is -3.60. The standard InChI is InChI=1S/C20H17F2N5O3S/c1-10-3-5-15(23-11(2)28)13(7-10)18-19(30)25-20(27-26-18)31-9-17(29)24-16-6-4-12(21)8-14(16)22/h3-8H,9H2,1-2H3,(H,23,28)(H,24,29)(H,25,27,30). The van der Waals surface area contributed by atoms with E-state index in [0.717, 1.165) is 29.5 Å². The van der Waals surface area contributed by atoms with Crippen molar-refractivity contribution in [1.82, 2.24) is 15.2 Å². The van der Waals surface area contributed by atoms with Crippen molar-refractivity contribution in [2.45, 2.75) is 19.0 Å². The fourth-order valence-electron chi connectivity index (χ4n) is 2.63. The van der Waals surface area contributed by atoms with E-state index in [9.17, 15) is 23.2 Å². The zero-order valence-electron chi connectivity index (χ0n) is 16.5. The summed E-state index contributed by atoms with van der Waals surface area (Å²) in [5, 5.41) is 12.9. The van der Waals surface area contributed by atoms with Crippen molar-refractivity contribution >= 4 is 35.0 Å². The topological polar surface area (TPSA) is 117 Å². The van der Waals surface area contributed by atoms with Crippen LogP contribution >= 0.6 is 11.8 Å². The highest BCUT2D eigenvalue weighted by molar-refractivity contribution is 7.99. The van der Waals surface area contributed by atoms with Crippen molar-refractivity contribution in [2.24, 2.45) is 0 Å². The predicted molar refractivity (Wildman–Crippen MR) is 113 cm³/mol. The summed E-state index contributed by atoms with van der Waals surface area (Å²) < 4.78 is 26.5. The molecule has 3 aromatic rings. The fourth-order valence-corrected chi connectivity index (χ4v) is 3.23. The molecule has 0 spiro atoms. The SMILES string of the molecule is CC(=O)Nc1ccc(C)cc1-c1nnc(SCC(=O)Nc2ccc(F)cc2F)[nH]c1=O. The maximum Gasteiger partial charge on any atom is 0.278 e. The van der Waals surface area contributed by atoms with Crippen molar-refractivity contribution in [1.29, 1.82) is 0 Å². The van der Waals surface area contributed by atoms with Crippen LogP contribution in [0.3, 0.4) is 0 Å². The van der Waals surface area contributed by atoms with Gasteiger partial charge in [-0.25, -0.2) is 8.78 Å². The molecule has 0 aliphatic carbocycles. The van der Waals surface area contributed by atoms with Gasteiger partial charge in [-0.1, -0.05) is 23.4 Å². The maximum absolute atomic E-state index is 13.6. The van der Waals surface area contributed by atoms with Crippen LogP contribution in [0.2, 0.25) is 0 Å². The zero-order chi connectivity index (χ0) is 22.5. The Labute approximate surface area is 179 Å². The molecule has 0 fully saturated rings. The monoisotopic (exact) mass is 445 g/mol. The highest BCUT2D eigenvalue weighted by atomic mass is 32.2. The van der Waals surface area contributed by atoms with Crippen LogP contribution in [0.15, 0.2) is 46.3 Å². The summed E-state index contributed by atoms with van der Waals surface area (Å²) in [6.07, 6.45) is 0. The first-order chi connectivity index (χ1) is 14.7. The first kappa shape index (κ1) is 22.1. The number of nitrogens with one attached hydrogen (secondary N) is 3. The van der Waals surface area contributed by atoms with Gasteiger partial charge in [0.05, 0.1) is 17.1 Å². The van der Waals surface area contributed by atoms with E-state index >= 15 is 0 Å². The summed E-state index contributed by atoms with van der Waals surface area (Å²) >= 11 is 0.885. The third-order valence-electron chi connectivity index (χ3n) is 3.96. The van der Waals surface area contributed by atoms with Gasteiger partial charge in [0.25, 0.3) is 5.56 Å². The van der Waals surface area contributed by atoms with E-state index in [1.54, 1.807) is 18.2 Å². The molecule has 160 valence electrons. The normalized spacial score (nSPS) is 10.6. The third kappa shape index (κ3) is 5.72. The summed E-state index contributed by atoms with van der Waals surface area (Å²) in [7, 11) is 0. The van der Waals surface area contributed by atoms with Gasteiger partial charge in [-0.3, -0.25) is 19.4 Å². The second-order valence-corrected chi connectivity index (χ2v) is 7.46. The number of carbonyl (C=O) groups is 2. The molecule has 8 nitrogen and oxygen atoms in total. The first-order valence-electron chi connectivity index (χ1n) is 8.96. The quantitative estimate of drug-likeness (QED) is 0.502. The van der Waals surface area contributed by atoms with Crippen LogP contribution in [0.4, 0.5) is 20.2 Å². The molecule has 3 rings (SSSR count). The lowest BCUT2D eigenvalue weighted by atomic mass is 10.1. The number of H-pyrrole nitrogens is 1. The highest BCUT2D eigenvalue weighted by Gasteiger charge is 2.15. The number of rotatable bonds is 6. The number of aryl methyl sites for hydroxylation is 1. The lowest BCUT2D eigenvalue weighted by molar-refractivity contribution is -0.114. The molecule has 1 heterocycles. The molecular weight excluding hydrogens is 428 g/mol. The Kier molecular flexibility index (Phi) is 6.75. The van der Waals surface area contributed by atoms with E-state index in [2.05, 4.69) is 25.8 Å². The maximum atomic E-state index is 13.6. The van der Waals surface area contributed by atoms with Crippen LogP contribution in [0.5, 0.6) is 0 Å². The second kappa shape index (κ2) is 9.47. The van der Waals surface area contributed by atoms with Gasteiger partial charge in [-0.05, 0) is 31.2 Å². The molecule has 0 saturated heterocycles. The molecule has 2 aromatic carbocycles. The molecule has 31 heavy (non-hydrogen) atoms. The summed E-state index contributed by atoms with van der Waals surface area (Å²) in [6, 6.07) is 7.93. The number of halogens is 2. The molecule has 0 unspecified atom stereocenters. The Morgan fingerprint density at radius 1 is 1.06 bits per heavy atom. The summed E-state index contributed by atoms with van der Waals surface area (Å²) in [5.41, 5.74) is 0.971. The highest BCUT2D eigenvalue weighted by Crippen LogP contribution is 2.25. The Bertz CT molecular complexity index is 1220. The van der Waals surface area contributed by atoms with Gasteiger partial charge < -0.3 is 10.6 Å². The summed E-state index contributed by atoms with van der Waals surface area (Å²) in [4.78, 5) is 38.5. The number of aromatic nitrogens is 3. The molecule has 3 N–H and O–H groups in total. The Balaban J connectivity index is 1.73. The average molecular weight is 445 g/mol. The van der Waals surface area contributed by atoms with E-state index in [-0.39, 0.29) is 28.2 Å². The van der Waals surface area contributed by atoms with E-state index in [0.29, 0.717) is 17.3 Å².